The standard InChI is InChI=1S/C32H32N4O4S2/c1-33-31(38)29-26-17-19-35(20-22-8-3-2-4-9-22)21-28(26)41-32(29)34-30(37)24-13-15-25(16-14-24)42(39,40)36-18-7-11-23-10-5-6-12-27(23)36/h2-6,8-10,12-16H,7,11,17-21H2,1H3,(H,33,38)(H,34,37). The topological polar surface area (TPSA) is 98.8 Å². The summed E-state index contributed by atoms with van der Waals surface area (Å²) in [6, 6.07) is 23.8. The number of nitrogens with zero attached hydrogens (tertiary/aromatic N) is 2. The van der Waals surface area contributed by atoms with Gasteiger partial charge >= 0.3 is 0 Å². The summed E-state index contributed by atoms with van der Waals surface area (Å²) < 4.78 is 28.5. The summed E-state index contributed by atoms with van der Waals surface area (Å²) >= 11 is 1.43. The molecule has 216 valence electrons. The second kappa shape index (κ2) is 11.7. The highest BCUT2D eigenvalue weighted by Crippen LogP contribution is 2.38. The molecule has 2 aliphatic rings. The van der Waals surface area contributed by atoms with Crippen molar-refractivity contribution in [2.45, 2.75) is 37.2 Å². The lowest BCUT2D eigenvalue weighted by Gasteiger charge is -2.30. The molecule has 8 nitrogen and oxygen atoms in total. The van der Waals surface area contributed by atoms with Gasteiger partial charge in [0.1, 0.15) is 5.00 Å². The quantitative estimate of drug-likeness (QED) is 0.309. The number of carbonyl (C=O) groups excluding carboxylic acids is 2. The van der Waals surface area contributed by atoms with Crippen LogP contribution in [0.3, 0.4) is 0 Å². The van der Waals surface area contributed by atoms with Crippen molar-refractivity contribution in [3.8, 4) is 0 Å². The summed E-state index contributed by atoms with van der Waals surface area (Å²) in [5.41, 5.74) is 4.74. The summed E-state index contributed by atoms with van der Waals surface area (Å²) in [5.74, 6) is -0.630. The zero-order valence-electron chi connectivity index (χ0n) is 23.3. The first-order valence-electron chi connectivity index (χ1n) is 14.0. The lowest BCUT2D eigenvalue weighted by molar-refractivity contribution is 0.0962. The average molecular weight is 601 g/mol. The van der Waals surface area contributed by atoms with E-state index in [1.807, 2.05) is 42.5 Å². The number of amides is 2. The highest BCUT2D eigenvalue weighted by Gasteiger charge is 2.30. The Balaban J connectivity index is 1.21. The number of para-hydroxylation sites is 1. The van der Waals surface area contributed by atoms with Crippen LogP contribution in [0.1, 0.15) is 48.7 Å². The fourth-order valence-corrected chi connectivity index (χ4v) is 8.54. The number of hydrogen-bond acceptors (Lipinski definition) is 6. The Morgan fingerprint density at radius 3 is 2.38 bits per heavy atom. The third-order valence-corrected chi connectivity index (χ3v) is 10.8. The van der Waals surface area contributed by atoms with E-state index in [-0.39, 0.29) is 10.8 Å². The Hall–Kier alpha value is -3.99. The van der Waals surface area contributed by atoms with E-state index >= 15 is 0 Å². The van der Waals surface area contributed by atoms with Gasteiger partial charge < -0.3 is 10.6 Å². The largest absolute Gasteiger partial charge is 0.355 e. The first-order chi connectivity index (χ1) is 20.3. The molecule has 0 bridgehead atoms. The summed E-state index contributed by atoms with van der Waals surface area (Å²) in [7, 11) is -2.20. The Labute approximate surface area is 250 Å². The normalized spacial score (nSPS) is 15.0. The molecule has 0 saturated carbocycles. The minimum Gasteiger partial charge on any atom is -0.355 e. The van der Waals surface area contributed by atoms with Gasteiger partial charge in [-0.2, -0.15) is 0 Å². The number of hydrogen-bond donors (Lipinski definition) is 2. The van der Waals surface area contributed by atoms with Gasteiger partial charge in [-0.3, -0.25) is 18.8 Å². The number of thiophene rings is 1. The second-order valence-electron chi connectivity index (χ2n) is 10.5. The molecule has 2 aliphatic heterocycles. The van der Waals surface area contributed by atoms with Crippen molar-refractivity contribution in [3.63, 3.8) is 0 Å². The minimum atomic E-state index is -3.78. The van der Waals surface area contributed by atoms with E-state index < -0.39 is 15.9 Å². The van der Waals surface area contributed by atoms with E-state index in [0.29, 0.717) is 41.3 Å². The van der Waals surface area contributed by atoms with E-state index in [2.05, 4.69) is 27.7 Å². The number of carbonyl (C=O) groups is 2. The average Bonchev–Trinajstić information content (AvgIpc) is 3.37. The van der Waals surface area contributed by atoms with Crippen LogP contribution < -0.4 is 14.9 Å². The molecule has 0 atom stereocenters. The van der Waals surface area contributed by atoms with Crippen LogP contribution in [0.4, 0.5) is 10.7 Å². The first-order valence-corrected chi connectivity index (χ1v) is 16.3. The predicted octanol–water partition coefficient (Wildman–Crippen LogP) is 5.06. The van der Waals surface area contributed by atoms with E-state index in [4.69, 9.17) is 0 Å². The van der Waals surface area contributed by atoms with Crippen molar-refractivity contribution in [3.05, 3.63) is 112 Å². The van der Waals surface area contributed by atoms with Crippen LogP contribution in [-0.4, -0.2) is 45.3 Å². The molecule has 0 radical (unpaired) electrons. The maximum absolute atomic E-state index is 13.5. The van der Waals surface area contributed by atoms with Crippen molar-refractivity contribution < 1.29 is 18.0 Å². The van der Waals surface area contributed by atoms with Gasteiger partial charge in [-0.15, -0.1) is 11.3 Å². The number of fused-ring (bicyclic) bond motifs is 2. The van der Waals surface area contributed by atoms with Crippen molar-refractivity contribution in [2.75, 3.05) is 29.8 Å². The SMILES string of the molecule is CNC(=O)c1c(NC(=O)c2ccc(S(=O)(=O)N3CCCc4ccccc43)cc2)sc2c1CCN(Cc1ccccc1)C2. The summed E-state index contributed by atoms with van der Waals surface area (Å²) in [6.45, 7) is 2.73. The highest BCUT2D eigenvalue weighted by molar-refractivity contribution is 7.92. The Morgan fingerprint density at radius 1 is 0.881 bits per heavy atom. The summed E-state index contributed by atoms with van der Waals surface area (Å²) in [5, 5.41) is 6.16. The molecular weight excluding hydrogens is 569 g/mol. The van der Waals surface area contributed by atoms with E-state index in [9.17, 15) is 18.0 Å². The maximum Gasteiger partial charge on any atom is 0.264 e. The summed E-state index contributed by atoms with van der Waals surface area (Å²) in [6.07, 6.45) is 2.30. The monoisotopic (exact) mass is 600 g/mol. The van der Waals surface area contributed by atoms with Gasteiger partial charge in [-0.1, -0.05) is 48.5 Å². The van der Waals surface area contributed by atoms with Gasteiger partial charge in [0.15, 0.2) is 0 Å². The Kier molecular flexibility index (Phi) is 7.85. The lowest BCUT2D eigenvalue weighted by Crippen LogP contribution is -2.35. The van der Waals surface area contributed by atoms with Crippen molar-refractivity contribution >= 4 is 43.9 Å². The molecule has 2 N–H and O–H groups in total. The molecule has 6 rings (SSSR count). The molecule has 0 aliphatic carbocycles. The number of sulfonamides is 1. The van der Waals surface area contributed by atoms with Crippen molar-refractivity contribution in [1.82, 2.24) is 10.2 Å². The van der Waals surface area contributed by atoms with Crippen LogP contribution >= 0.6 is 11.3 Å². The molecule has 2 amide bonds. The molecule has 0 spiro atoms. The van der Waals surface area contributed by atoms with E-state index in [0.717, 1.165) is 41.9 Å². The molecule has 10 heteroatoms. The zero-order chi connectivity index (χ0) is 29.3. The Bertz CT molecular complexity index is 1730. The van der Waals surface area contributed by atoms with Gasteiger partial charge in [-0.05, 0) is 66.3 Å². The van der Waals surface area contributed by atoms with Crippen LogP contribution in [0.15, 0.2) is 83.8 Å². The van der Waals surface area contributed by atoms with E-state index in [1.165, 1.54) is 45.5 Å². The molecule has 3 heterocycles. The molecule has 0 fully saturated rings. The first kappa shape index (κ1) is 28.1. The van der Waals surface area contributed by atoms with Crippen LogP contribution in [-0.2, 0) is 36.0 Å². The molecule has 3 aromatic carbocycles. The second-order valence-corrected chi connectivity index (χ2v) is 13.5. The molecule has 1 aromatic heterocycles. The molecule has 42 heavy (non-hydrogen) atoms. The Morgan fingerprint density at radius 2 is 1.62 bits per heavy atom. The fraction of sp³-hybridized carbons (Fsp3) is 0.250. The van der Waals surface area contributed by atoms with E-state index in [1.54, 1.807) is 7.05 Å². The number of rotatable bonds is 7. The van der Waals surface area contributed by atoms with Crippen LogP contribution in [0.2, 0.25) is 0 Å². The van der Waals surface area contributed by atoms with Crippen LogP contribution in [0, 0.1) is 0 Å². The van der Waals surface area contributed by atoms with Gasteiger partial charge in [0.2, 0.25) is 0 Å². The maximum atomic E-state index is 13.5. The fourth-order valence-electron chi connectivity index (χ4n) is 5.72. The molecule has 0 unspecified atom stereocenters. The number of anilines is 2. The van der Waals surface area contributed by atoms with Gasteiger partial charge in [-0.25, -0.2) is 8.42 Å². The predicted molar refractivity (Wildman–Crippen MR) is 166 cm³/mol. The van der Waals surface area contributed by atoms with Crippen LogP contribution in [0.5, 0.6) is 0 Å². The zero-order valence-corrected chi connectivity index (χ0v) is 24.9. The number of nitrogens with one attached hydrogen (secondary N) is 2. The third kappa shape index (κ3) is 5.45. The third-order valence-electron chi connectivity index (χ3n) is 7.84. The van der Waals surface area contributed by atoms with Gasteiger partial charge in [0.05, 0.1) is 16.1 Å². The smallest absolute Gasteiger partial charge is 0.264 e. The van der Waals surface area contributed by atoms with Crippen molar-refractivity contribution in [1.29, 1.82) is 0 Å². The van der Waals surface area contributed by atoms with Gasteiger partial charge in [0, 0.05) is 43.7 Å². The number of benzene rings is 3. The summed E-state index contributed by atoms with van der Waals surface area (Å²) in [4.78, 5) is 29.8. The minimum absolute atomic E-state index is 0.131. The molecule has 0 saturated heterocycles. The number of aryl methyl sites for hydroxylation is 1. The molecular formula is C32H32N4O4S2. The van der Waals surface area contributed by atoms with Gasteiger partial charge in [0.25, 0.3) is 21.8 Å². The highest BCUT2D eigenvalue weighted by atomic mass is 32.2. The molecule has 4 aromatic rings. The van der Waals surface area contributed by atoms with Crippen LogP contribution in [0.25, 0.3) is 0 Å². The lowest BCUT2D eigenvalue weighted by atomic mass is 10.0. The van der Waals surface area contributed by atoms with Crippen molar-refractivity contribution in [2.24, 2.45) is 0 Å².